The molecule has 6 heteroatoms. The van der Waals surface area contributed by atoms with Gasteiger partial charge < -0.3 is 10.2 Å². The van der Waals surface area contributed by atoms with Gasteiger partial charge in [-0.25, -0.2) is 18.0 Å². The van der Waals surface area contributed by atoms with Gasteiger partial charge >= 0.3 is 6.03 Å². The van der Waals surface area contributed by atoms with Gasteiger partial charge in [0.25, 0.3) is 0 Å². The fourth-order valence-corrected chi connectivity index (χ4v) is 3.44. The van der Waals surface area contributed by atoms with E-state index in [9.17, 15) is 18.0 Å². The van der Waals surface area contributed by atoms with Crippen molar-refractivity contribution in [1.82, 2.24) is 4.90 Å². The lowest BCUT2D eigenvalue weighted by Gasteiger charge is -2.17. The van der Waals surface area contributed by atoms with E-state index in [4.69, 9.17) is 0 Å². The van der Waals surface area contributed by atoms with E-state index in [1.54, 1.807) is 0 Å². The van der Waals surface area contributed by atoms with Crippen LogP contribution in [0.4, 0.5) is 23.7 Å². The molecule has 0 unspecified atom stereocenters. The molecule has 2 aromatic carbocycles. The zero-order valence-electron chi connectivity index (χ0n) is 16.0. The Bertz CT molecular complexity index is 907. The number of urea groups is 1. The van der Waals surface area contributed by atoms with E-state index < -0.39 is 23.5 Å². The minimum atomic E-state index is -1.50. The SMILES string of the molecule is CC/C=C(\CCC)c1ccc(NC(=O)N2Cc3cc(F)c(F)c(F)c3C2)cc1. The lowest BCUT2D eigenvalue weighted by molar-refractivity contribution is 0.212. The largest absolute Gasteiger partial charge is 0.322 e. The fraction of sp³-hybridized carbons (Fsp3) is 0.318. The van der Waals surface area contributed by atoms with Crippen LogP contribution in [0.25, 0.3) is 5.57 Å². The lowest BCUT2D eigenvalue weighted by Crippen LogP contribution is -2.30. The molecule has 3 rings (SSSR count). The van der Waals surface area contributed by atoms with Gasteiger partial charge in [-0.15, -0.1) is 0 Å². The number of allylic oxidation sites excluding steroid dienone is 2. The number of rotatable bonds is 5. The Balaban J connectivity index is 1.69. The van der Waals surface area contributed by atoms with Gasteiger partial charge in [-0.2, -0.15) is 0 Å². The number of hydrogen-bond acceptors (Lipinski definition) is 1. The van der Waals surface area contributed by atoms with Gasteiger partial charge in [0.2, 0.25) is 0 Å². The summed E-state index contributed by atoms with van der Waals surface area (Å²) in [7, 11) is 0. The highest BCUT2D eigenvalue weighted by Gasteiger charge is 2.29. The van der Waals surface area contributed by atoms with Gasteiger partial charge in [-0.1, -0.05) is 38.5 Å². The number of halogens is 3. The van der Waals surface area contributed by atoms with Crippen LogP contribution in [0.3, 0.4) is 0 Å². The van der Waals surface area contributed by atoms with E-state index in [-0.39, 0.29) is 24.2 Å². The second kappa shape index (κ2) is 8.50. The minimum Gasteiger partial charge on any atom is -0.316 e. The van der Waals surface area contributed by atoms with E-state index >= 15 is 0 Å². The van der Waals surface area contributed by atoms with Crippen LogP contribution in [-0.4, -0.2) is 10.9 Å². The van der Waals surface area contributed by atoms with Crippen LogP contribution in [0.2, 0.25) is 0 Å². The van der Waals surface area contributed by atoms with Crippen molar-refractivity contribution < 1.29 is 18.0 Å². The van der Waals surface area contributed by atoms with Crippen LogP contribution in [0, 0.1) is 17.5 Å². The monoisotopic (exact) mass is 388 g/mol. The number of carbonyl (C=O) groups excluding carboxylic acids is 1. The summed E-state index contributed by atoms with van der Waals surface area (Å²) in [5, 5.41) is 2.76. The normalized spacial score (nSPS) is 13.6. The molecular formula is C22H23F3N2O. The summed E-state index contributed by atoms with van der Waals surface area (Å²) < 4.78 is 40.7. The minimum absolute atomic E-state index is 0.0262. The molecule has 0 aliphatic carbocycles. The van der Waals surface area contributed by atoms with Crippen molar-refractivity contribution in [2.24, 2.45) is 0 Å². The topological polar surface area (TPSA) is 32.3 Å². The lowest BCUT2D eigenvalue weighted by atomic mass is 10.00. The molecule has 1 aliphatic rings. The standard InChI is InChI=1S/C22H23F3N2O/c1-3-5-14(6-4-2)15-7-9-17(10-8-15)26-22(28)27-12-16-11-19(23)21(25)20(24)18(16)13-27/h5,7-11H,3-4,6,12-13H2,1-2H3,(H,26,28)/b14-5+. The van der Waals surface area contributed by atoms with Crippen molar-refractivity contribution >= 4 is 17.3 Å². The molecule has 148 valence electrons. The Morgan fingerprint density at radius 3 is 2.46 bits per heavy atom. The third-order valence-electron chi connectivity index (χ3n) is 4.83. The summed E-state index contributed by atoms with van der Waals surface area (Å²) in [6.07, 6.45) is 5.20. The molecule has 0 spiro atoms. The molecule has 0 fully saturated rings. The zero-order valence-corrected chi connectivity index (χ0v) is 16.0. The number of benzene rings is 2. The van der Waals surface area contributed by atoms with Crippen molar-refractivity contribution in [1.29, 1.82) is 0 Å². The molecule has 1 N–H and O–H groups in total. The Labute approximate surface area is 162 Å². The highest BCUT2D eigenvalue weighted by molar-refractivity contribution is 5.90. The van der Waals surface area contributed by atoms with Crippen molar-refractivity contribution in [3.05, 3.63) is 70.5 Å². The highest BCUT2D eigenvalue weighted by atomic mass is 19.2. The van der Waals surface area contributed by atoms with Crippen molar-refractivity contribution in [3.8, 4) is 0 Å². The molecule has 0 bridgehead atoms. The van der Waals surface area contributed by atoms with Gasteiger partial charge in [0.05, 0.1) is 6.54 Å². The smallest absolute Gasteiger partial charge is 0.316 e. The number of nitrogens with zero attached hydrogens (tertiary/aromatic N) is 1. The van der Waals surface area contributed by atoms with Crippen LogP contribution in [0.15, 0.2) is 36.4 Å². The Morgan fingerprint density at radius 2 is 1.82 bits per heavy atom. The first-order valence-corrected chi connectivity index (χ1v) is 9.45. The van der Waals surface area contributed by atoms with Crippen molar-refractivity contribution in [3.63, 3.8) is 0 Å². The quantitative estimate of drug-likeness (QED) is 0.604. The molecule has 28 heavy (non-hydrogen) atoms. The molecule has 1 aliphatic heterocycles. The molecule has 0 saturated heterocycles. The second-order valence-corrected chi connectivity index (χ2v) is 6.88. The van der Waals surface area contributed by atoms with E-state index in [0.29, 0.717) is 5.69 Å². The molecule has 0 aromatic heterocycles. The first-order chi connectivity index (χ1) is 13.4. The Hall–Kier alpha value is -2.76. The van der Waals surface area contributed by atoms with Gasteiger partial charge in [-0.3, -0.25) is 0 Å². The van der Waals surface area contributed by atoms with Gasteiger partial charge in [-0.05, 0) is 47.7 Å². The highest BCUT2D eigenvalue weighted by Crippen LogP contribution is 2.29. The van der Waals surface area contributed by atoms with E-state index in [1.165, 1.54) is 10.5 Å². The van der Waals surface area contributed by atoms with Gasteiger partial charge in [0.15, 0.2) is 17.5 Å². The molecule has 1 heterocycles. The zero-order chi connectivity index (χ0) is 20.3. The summed E-state index contributed by atoms with van der Waals surface area (Å²) in [4.78, 5) is 13.8. The van der Waals surface area contributed by atoms with Crippen molar-refractivity contribution in [2.75, 3.05) is 5.32 Å². The molecule has 0 atom stereocenters. The molecular weight excluding hydrogens is 365 g/mol. The summed E-state index contributed by atoms with van der Waals surface area (Å²) >= 11 is 0. The summed E-state index contributed by atoms with van der Waals surface area (Å²) in [5.41, 5.74) is 3.31. The maximum Gasteiger partial charge on any atom is 0.322 e. The van der Waals surface area contributed by atoms with Crippen LogP contribution >= 0.6 is 0 Å². The van der Waals surface area contributed by atoms with Crippen molar-refractivity contribution in [2.45, 2.75) is 46.2 Å². The Morgan fingerprint density at radius 1 is 1.11 bits per heavy atom. The van der Waals surface area contributed by atoms with Crippen LogP contribution in [-0.2, 0) is 13.1 Å². The molecule has 2 aromatic rings. The van der Waals surface area contributed by atoms with Crippen LogP contribution in [0.5, 0.6) is 0 Å². The number of anilines is 1. The maximum atomic E-state index is 13.9. The van der Waals surface area contributed by atoms with E-state index in [1.807, 2.05) is 24.3 Å². The predicted octanol–water partition coefficient (Wildman–Crippen LogP) is 6.25. The first kappa shape index (κ1) is 20.0. The second-order valence-electron chi connectivity index (χ2n) is 6.88. The summed E-state index contributed by atoms with van der Waals surface area (Å²) in [6, 6.07) is 8.05. The average molecular weight is 388 g/mol. The fourth-order valence-electron chi connectivity index (χ4n) is 3.44. The molecule has 0 radical (unpaired) electrons. The number of hydrogen-bond donors (Lipinski definition) is 1. The van der Waals surface area contributed by atoms with Crippen LogP contribution in [0.1, 0.15) is 49.8 Å². The maximum absolute atomic E-state index is 13.9. The predicted molar refractivity (Wildman–Crippen MR) is 104 cm³/mol. The summed E-state index contributed by atoms with van der Waals surface area (Å²) in [5.74, 6) is -3.96. The molecule has 2 amide bonds. The number of nitrogens with one attached hydrogen (secondary N) is 1. The average Bonchev–Trinajstić information content (AvgIpc) is 3.11. The molecule has 0 saturated carbocycles. The Kier molecular flexibility index (Phi) is 6.07. The number of fused-ring (bicyclic) bond motifs is 1. The first-order valence-electron chi connectivity index (χ1n) is 9.45. The summed E-state index contributed by atoms with van der Waals surface area (Å²) in [6.45, 7) is 4.17. The van der Waals surface area contributed by atoms with E-state index in [2.05, 4.69) is 25.2 Å². The van der Waals surface area contributed by atoms with E-state index in [0.717, 1.165) is 30.9 Å². The number of amides is 2. The molecule has 3 nitrogen and oxygen atoms in total. The third-order valence-corrected chi connectivity index (χ3v) is 4.83. The van der Waals surface area contributed by atoms with Gasteiger partial charge in [0, 0.05) is 17.8 Å². The van der Waals surface area contributed by atoms with Crippen LogP contribution < -0.4 is 5.32 Å². The third kappa shape index (κ3) is 4.06. The van der Waals surface area contributed by atoms with Gasteiger partial charge in [0.1, 0.15) is 0 Å². The number of carbonyl (C=O) groups is 1.